The van der Waals surface area contributed by atoms with Gasteiger partial charge in [0.25, 0.3) is 0 Å². The average Bonchev–Trinajstić information content (AvgIpc) is 2.96. The Labute approximate surface area is 112 Å². The third-order valence-corrected chi connectivity index (χ3v) is 3.59. The molecule has 17 heavy (non-hydrogen) atoms. The molecule has 0 N–H and O–H groups in total. The van der Waals surface area contributed by atoms with Crippen LogP contribution in [0, 0.1) is 3.57 Å². The van der Waals surface area contributed by atoms with Gasteiger partial charge in [0, 0.05) is 30.1 Å². The second kappa shape index (κ2) is 4.14. The van der Waals surface area contributed by atoms with Crippen LogP contribution in [0.4, 0.5) is 0 Å². The summed E-state index contributed by atoms with van der Waals surface area (Å²) in [4.78, 5) is 0. The van der Waals surface area contributed by atoms with E-state index in [2.05, 4.69) is 58.0 Å². The lowest BCUT2D eigenvalue weighted by Gasteiger charge is -1.99. The molecular formula is C12H11IN4. The third kappa shape index (κ3) is 1.84. The molecule has 0 aliphatic heterocycles. The van der Waals surface area contributed by atoms with Crippen LogP contribution in [0.5, 0.6) is 0 Å². The van der Waals surface area contributed by atoms with Gasteiger partial charge in [0.1, 0.15) is 0 Å². The molecule has 3 aromatic heterocycles. The molecule has 0 aliphatic rings. The van der Waals surface area contributed by atoms with Crippen molar-refractivity contribution in [3.05, 3.63) is 40.5 Å². The standard InChI is InChI=1S/C12H11IN4/c1-2-16-7-10(5-14-16)9-3-4-12-11(13)6-15-17(12)8-9/h3-8H,2H2,1H3. The van der Waals surface area contributed by atoms with Crippen LogP contribution in [0.1, 0.15) is 6.92 Å². The van der Waals surface area contributed by atoms with Crippen molar-refractivity contribution in [1.82, 2.24) is 19.4 Å². The van der Waals surface area contributed by atoms with Crippen molar-refractivity contribution in [2.24, 2.45) is 0 Å². The van der Waals surface area contributed by atoms with E-state index in [1.807, 2.05) is 27.8 Å². The molecule has 0 bridgehead atoms. The first-order valence-corrected chi connectivity index (χ1v) is 6.51. The van der Waals surface area contributed by atoms with Gasteiger partial charge in [0.05, 0.1) is 21.5 Å². The lowest BCUT2D eigenvalue weighted by Crippen LogP contribution is -1.92. The Morgan fingerprint density at radius 2 is 2.00 bits per heavy atom. The molecule has 0 saturated carbocycles. The van der Waals surface area contributed by atoms with E-state index in [9.17, 15) is 0 Å². The molecule has 3 rings (SSSR count). The maximum atomic E-state index is 4.31. The first-order chi connectivity index (χ1) is 8.28. The van der Waals surface area contributed by atoms with Crippen molar-refractivity contribution in [2.75, 3.05) is 0 Å². The minimum Gasteiger partial charge on any atom is -0.272 e. The van der Waals surface area contributed by atoms with Crippen molar-refractivity contribution in [3.8, 4) is 11.1 Å². The lowest BCUT2D eigenvalue weighted by molar-refractivity contribution is 0.660. The predicted molar refractivity (Wildman–Crippen MR) is 74.8 cm³/mol. The number of nitrogens with zero attached hydrogens (tertiary/aromatic N) is 4. The normalized spacial score (nSPS) is 11.2. The van der Waals surface area contributed by atoms with Crippen LogP contribution < -0.4 is 0 Å². The van der Waals surface area contributed by atoms with Gasteiger partial charge in [0.2, 0.25) is 0 Å². The topological polar surface area (TPSA) is 35.1 Å². The summed E-state index contributed by atoms with van der Waals surface area (Å²) in [5.74, 6) is 0. The van der Waals surface area contributed by atoms with E-state index in [0.29, 0.717) is 0 Å². The highest BCUT2D eigenvalue weighted by molar-refractivity contribution is 14.1. The van der Waals surface area contributed by atoms with Crippen LogP contribution in [0.25, 0.3) is 16.6 Å². The lowest BCUT2D eigenvalue weighted by atomic mass is 10.1. The Morgan fingerprint density at radius 1 is 1.12 bits per heavy atom. The van der Waals surface area contributed by atoms with E-state index < -0.39 is 0 Å². The summed E-state index contributed by atoms with van der Waals surface area (Å²) >= 11 is 2.29. The van der Waals surface area contributed by atoms with Crippen LogP contribution in [0.2, 0.25) is 0 Å². The van der Waals surface area contributed by atoms with Gasteiger partial charge in [-0.3, -0.25) is 4.68 Å². The van der Waals surface area contributed by atoms with Gasteiger partial charge < -0.3 is 0 Å². The van der Waals surface area contributed by atoms with Crippen molar-refractivity contribution >= 4 is 28.1 Å². The highest BCUT2D eigenvalue weighted by Crippen LogP contribution is 2.21. The summed E-state index contributed by atoms with van der Waals surface area (Å²) in [7, 11) is 0. The minimum absolute atomic E-state index is 0.891. The number of rotatable bonds is 2. The van der Waals surface area contributed by atoms with Crippen LogP contribution in [-0.4, -0.2) is 19.4 Å². The monoisotopic (exact) mass is 338 g/mol. The fraction of sp³-hybridized carbons (Fsp3) is 0.167. The number of hydrogen-bond acceptors (Lipinski definition) is 2. The minimum atomic E-state index is 0.891. The Bertz CT molecular complexity index is 668. The van der Waals surface area contributed by atoms with Crippen LogP contribution in [0.3, 0.4) is 0 Å². The van der Waals surface area contributed by atoms with Gasteiger partial charge in [-0.1, -0.05) is 6.07 Å². The maximum Gasteiger partial charge on any atom is 0.0795 e. The van der Waals surface area contributed by atoms with Gasteiger partial charge >= 0.3 is 0 Å². The highest BCUT2D eigenvalue weighted by Gasteiger charge is 2.05. The number of halogens is 1. The molecule has 3 aromatic rings. The molecule has 0 aliphatic carbocycles. The summed E-state index contributed by atoms with van der Waals surface area (Å²) in [6.45, 7) is 2.97. The van der Waals surface area contributed by atoms with E-state index in [1.165, 1.54) is 3.57 Å². The van der Waals surface area contributed by atoms with E-state index >= 15 is 0 Å². The summed E-state index contributed by atoms with van der Waals surface area (Å²) in [6.07, 6.45) is 7.85. The molecule has 86 valence electrons. The second-order valence-corrected chi connectivity index (χ2v) is 4.99. The molecule has 0 unspecified atom stereocenters. The molecule has 0 saturated heterocycles. The van der Waals surface area contributed by atoms with E-state index in [4.69, 9.17) is 0 Å². The zero-order valence-electron chi connectivity index (χ0n) is 9.34. The zero-order chi connectivity index (χ0) is 11.8. The van der Waals surface area contributed by atoms with Gasteiger partial charge in [-0.05, 0) is 35.6 Å². The van der Waals surface area contributed by atoms with Gasteiger partial charge in [-0.25, -0.2) is 4.52 Å². The summed E-state index contributed by atoms with van der Waals surface area (Å²) < 4.78 is 4.99. The van der Waals surface area contributed by atoms with Crippen molar-refractivity contribution < 1.29 is 0 Å². The summed E-state index contributed by atoms with van der Waals surface area (Å²) in [6, 6.07) is 4.20. The smallest absolute Gasteiger partial charge is 0.0795 e. The van der Waals surface area contributed by atoms with E-state index in [0.717, 1.165) is 23.2 Å². The summed E-state index contributed by atoms with van der Waals surface area (Å²) in [5, 5.41) is 8.60. The predicted octanol–water partition coefficient (Wildman–Crippen LogP) is 2.82. The van der Waals surface area contributed by atoms with Crippen molar-refractivity contribution in [1.29, 1.82) is 0 Å². The van der Waals surface area contributed by atoms with E-state index in [-0.39, 0.29) is 0 Å². The molecule has 4 nitrogen and oxygen atoms in total. The van der Waals surface area contributed by atoms with Crippen LogP contribution in [-0.2, 0) is 6.54 Å². The van der Waals surface area contributed by atoms with Gasteiger partial charge in [0.15, 0.2) is 0 Å². The number of aromatic nitrogens is 4. The molecule has 0 radical (unpaired) electrons. The molecule has 3 heterocycles. The number of hydrogen-bond donors (Lipinski definition) is 0. The molecule has 0 amide bonds. The Balaban J connectivity index is 2.11. The SMILES string of the molecule is CCn1cc(-c2ccc3c(I)cnn3c2)cn1. The first kappa shape index (κ1) is 10.8. The molecule has 0 aromatic carbocycles. The Morgan fingerprint density at radius 3 is 2.76 bits per heavy atom. The zero-order valence-corrected chi connectivity index (χ0v) is 11.5. The van der Waals surface area contributed by atoms with Gasteiger partial charge in [-0.15, -0.1) is 0 Å². The molecule has 5 heteroatoms. The summed E-state index contributed by atoms with van der Waals surface area (Å²) in [5.41, 5.74) is 3.40. The number of pyridine rings is 1. The van der Waals surface area contributed by atoms with E-state index in [1.54, 1.807) is 0 Å². The number of aryl methyl sites for hydroxylation is 1. The fourth-order valence-corrected chi connectivity index (χ4v) is 2.36. The fourth-order valence-electron chi connectivity index (χ4n) is 1.81. The van der Waals surface area contributed by atoms with Crippen molar-refractivity contribution in [2.45, 2.75) is 13.5 Å². The first-order valence-electron chi connectivity index (χ1n) is 5.43. The highest BCUT2D eigenvalue weighted by atomic mass is 127. The third-order valence-electron chi connectivity index (χ3n) is 2.76. The second-order valence-electron chi connectivity index (χ2n) is 3.82. The largest absolute Gasteiger partial charge is 0.272 e. The molecule has 0 fully saturated rings. The molecule has 0 spiro atoms. The number of fused-ring (bicyclic) bond motifs is 1. The average molecular weight is 338 g/mol. The van der Waals surface area contributed by atoms with Crippen LogP contribution >= 0.6 is 22.6 Å². The maximum absolute atomic E-state index is 4.31. The van der Waals surface area contributed by atoms with Crippen molar-refractivity contribution in [3.63, 3.8) is 0 Å². The Kier molecular flexibility index (Phi) is 2.62. The quantitative estimate of drug-likeness (QED) is 0.674. The Hall–Kier alpha value is -1.37. The van der Waals surface area contributed by atoms with Gasteiger partial charge in [-0.2, -0.15) is 10.2 Å². The molecule has 0 atom stereocenters. The molecular weight excluding hydrogens is 327 g/mol. The van der Waals surface area contributed by atoms with Crippen LogP contribution in [0.15, 0.2) is 36.9 Å².